The predicted octanol–water partition coefficient (Wildman–Crippen LogP) is 3.19. The minimum absolute atomic E-state index is 0.446. The summed E-state index contributed by atoms with van der Waals surface area (Å²) in [5.74, 6) is 0.935. The smallest absolute Gasteiger partial charge is 0.124 e. The van der Waals surface area contributed by atoms with Crippen molar-refractivity contribution in [2.45, 2.75) is 25.9 Å². The van der Waals surface area contributed by atoms with E-state index >= 15 is 0 Å². The average Bonchev–Trinajstić information content (AvgIpc) is 2.83. The number of halogens is 1. The minimum atomic E-state index is 0.446. The highest BCUT2D eigenvalue weighted by Crippen LogP contribution is 2.31. The van der Waals surface area contributed by atoms with Crippen LogP contribution in [-0.2, 0) is 0 Å². The van der Waals surface area contributed by atoms with E-state index in [1.807, 2.05) is 25.1 Å². The number of hydrogen-bond acceptors (Lipinski definition) is 1. The normalized spacial score (nSPS) is 16.2. The van der Waals surface area contributed by atoms with Gasteiger partial charge in [-0.1, -0.05) is 17.7 Å². The fourth-order valence-electron chi connectivity index (χ4n) is 1.08. The Morgan fingerprint density at radius 3 is 2.83 bits per heavy atom. The molecule has 0 atom stereocenters. The zero-order valence-corrected chi connectivity index (χ0v) is 7.77. The molecular weight excluding hydrogens is 172 g/mol. The van der Waals surface area contributed by atoms with Gasteiger partial charge in [0.25, 0.3) is 0 Å². The van der Waals surface area contributed by atoms with E-state index in [0.717, 1.165) is 16.3 Å². The first-order chi connectivity index (χ1) is 5.77. The van der Waals surface area contributed by atoms with Gasteiger partial charge in [-0.2, -0.15) is 0 Å². The summed E-state index contributed by atoms with van der Waals surface area (Å²) in [4.78, 5) is 0. The van der Waals surface area contributed by atoms with Crippen LogP contribution in [-0.4, -0.2) is 6.10 Å². The number of hydrogen-bond donors (Lipinski definition) is 0. The molecule has 1 aliphatic rings. The van der Waals surface area contributed by atoms with Crippen LogP contribution >= 0.6 is 11.6 Å². The summed E-state index contributed by atoms with van der Waals surface area (Å²) in [6.07, 6.45) is 2.82. The molecule has 0 radical (unpaired) electrons. The summed E-state index contributed by atoms with van der Waals surface area (Å²) in [6, 6.07) is 5.78. The maximum absolute atomic E-state index is 5.94. The molecule has 12 heavy (non-hydrogen) atoms. The predicted molar refractivity (Wildman–Crippen MR) is 49.8 cm³/mol. The van der Waals surface area contributed by atoms with Crippen LogP contribution in [0.15, 0.2) is 18.2 Å². The van der Waals surface area contributed by atoms with E-state index in [1.54, 1.807) is 0 Å². The van der Waals surface area contributed by atoms with E-state index in [2.05, 4.69) is 0 Å². The largest absolute Gasteiger partial charge is 0.490 e. The molecule has 1 saturated carbocycles. The first-order valence-electron chi connectivity index (χ1n) is 4.19. The monoisotopic (exact) mass is 182 g/mol. The molecule has 0 unspecified atom stereocenters. The molecule has 64 valence electrons. The highest BCUT2D eigenvalue weighted by Gasteiger charge is 2.24. The molecule has 1 fully saturated rings. The van der Waals surface area contributed by atoms with Gasteiger partial charge in [-0.3, -0.25) is 0 Å². The van der Waals surface area contributed by atoms with Crippen LogP contribution in [0.4, 0.5) is 0 Å². The van der Waals surface area contributed by atoms with Crippen LogP contribution in [0, 0.1) is 6.92 Å². The number of ether oxygens (including phenoxy) is 1. The SMILES string of the molecule is Cc1c(Cl)cccc1OC1CC1. The molecule has 0 bridgehead atoms. The fraction of sp³-hybridized carbons (Fsp3) is 0.400. The molecule has 0 N–H and O–H groups in total. The van der Waals surface area contributed by atoms with Crippen LogP contribution in [0.5, 0.6) is 5.75 Å². The standard InChI is InChI=1S/C10H11ClO/c1-7-9(11)3-2-4-10(7)12-8-5-6-8/h2-4,8H,5-6H2,1H3. The third-order valence-electron chi connectivity index (χ3n) is 2.04. The van der Waals surface area contributed by atoms with E-state index in [9.17, 15) is 0 Å². The van der Waals surface area contributed by atoms with Crippen LogP contribution in [0.3, 0.4) is 0 Å². The molecule has 1 aliphatic carbocycles. The van der Waals surface area contributed by atoms with Gasteiger partial charge in [-0.15, -0.1) is 0 Å². The molecule has 2 heteroatoms. The van der Waals surface area contributed by atoms with Crippen molar-refractivity contribution in [1.82, 2.24) is 0 Å². The van der Waals surface area contributed by atoms with Gasteiger partial charge in [0.2, 0.25) is 0 Å². The van der Waals surface area contributed by atoms with Crippen LogP contribution in [0.25, 0.3) is 0 Å². The molecule has 2 rings (SSSR count). The van der Waals surface area contributed by atoms with Gasteiger partial charge in [0.05, 0.1) is 6.10 Å². The first kappa shape index (κ1) is 7.93. The molecule has 1 aromatic rings. The lowest BCUT2D eigenvalue weighted by Gasteiger charge is -2.08. The summed E-state index contributed by atoms with van der Waals surface area (Å²) >= 11 is 5.94. The van der Waals surface area contributed by atoms with Gasteiger partial charge >= 0.3 is 0 Å². The molecule has 0 spiro atoms. The van der Waals surface area contributed by atoms with Gasteiger partial charge in [0, 0.05) is 10.6 Å². The van der Waals surface area contributed by atoms with Crippen molar-refractivity contribution >= 4 is 11.6 Å². The summed E-state index contributed by atoms with van der Waals surface area (Å²) in [5, 5.41) is 0.785. The molecule has 0 aliphatic heterocycles. The van der Waals surface area contributed by atoms with Gasteiger partial charge in [-0.25, -0.2) is 0 Å². The Hall–Kier alpha value is -0.690. The lowest BCUT2D eigenvalue weighted by atomic mass is 10.2. The van der Waals surface area contributed by atoms with Crippen molar-refractivity contribution < 1.29 is 4.74 Å². The molecular formula is C10H11ClO. The summed E-state index contributed by atoms with van der Waals surface area (Å²) < 4.78 is 5.65. The van der Waals surface area contributed by atoms with Gasteiger partial charge < -0.3 is 4.74 Å². The third-order valence-corrected chi connectivity index (χ3v) is 2.45. The van der Waals surface area contributed by atoms with E-state index in [1.165, 1.54) is 12.8 Å². The Bertz CT molecular complexity index is 292. The third kappa shape index (κ3) is 1.56. The van der Waals surface area contributed by atoms with Crippen LogP contribution in [0.2, 0.25) is 5.02 Å². The number of rotatable bonds is 2. The highest BCUT2D eigenvalue weighted by atomic mass is 35.5. The fourth-order valence-corrected chi connectivity index (χ4v) is 1.25. The van der Waals surface area contributed by atoms with Gasteiger partial charge in [-0.05, 0) is 31.9 Å². The van der Waals surface area contributed by atoms with Gasteiger partial charge in [0.15, 0.2) is 0 Å². The van der Waals surface area contributed by atoms with Gasteiger partial charge in [0.1, 0.15) is 5.75 Å². The molecule has 1 aromatic carbocycles. The second-order valence-electron chi connectivity index (χ2n) is 3.18. The molecule has 0 aromatic heterocycles. The molecule has 0 amide bonds. The Morgan fingerprint density at radius 1 is 1.42 bits per heavy atom. The second kappa shape index (κ2) is 2.98. The minimum Gasteiger partial charge on any atom is -0.490 e. The summed E-state index contributed by atoms with van der Waals surface area (Å²) in [7, 11) is 0. The second-order valence-corrected chi connectivity index (χ2v) is 3.59. The van der Waals surface area contributed by atoms with Crippen LogP contribution in [0.1, 0.15) is 18.4 Å². The van der Waals surface area contributed by atoms with Crippen molar-refractivity contribution in [3.63, 3.8) is 0 Å². The van der Waals surface area contributed by atoms with Crippen molar-refractivity contribution in [1.29, 1.82) is 0 Å². The molecule has 0 saturated heterocycles. The zero-order valence-electron chi connectivity index (χ0n) is 7.01. The molecule has 0 heterocycles. The van der Waals surface area contributed by atoms with E-state index in [4.69, 9.17) is 16.3 Å². The average molecular weight is 183 g/mol. The highest BCUT2D eigenvalue weighted by molar-refractivity contribution is 6.31. The van der Waals surface area contributed by atoms with E-state index < -0.39 is 0 Å². The number of benzene rings is 1. The maximum atomic E-state index is 5.94. The Morgan fingerprint density at radius 2 is 2.17 bits per heavy atom. The topological polar surface area (TPSA) is 9.23 Å². The zero-order chi connectivity index (χ0) is 8.55. The summed E-state index contributed by atoms with van der Waals surface area (Å²) in [5.41, 5.74) is 1.05. The maximum Gasteiger partial charge on any atom is 0.124 e. The summed E-state index contributed by atoms with van der Waals surface area (Å²) in [6.45, 7) is 1.99. The lowest BCUT2D eigenvalue weighted by Crippen LogP contribution is -1.97. The van der Waals surface area contributed by atoms with Crippen molar-refractivity contribution in [3.8, 4) is 5.75 Å². The van der Waals surface area contributed by atoms with Crippen molar-refractivity contribution in [2.75, 3.05) is 0 Å². The van der Waals surface area contributed by atoms with Crippen molar-refractivity contribution in [3.05, 3.63) is 28.8 Å². The lowest BCUT2D eigenvalue weighted by molar-refractivity contribution is 0.301. The van der Waals surface area contributed by atoms with Crippen LogP contribution < -0.4 is 4.74 Å². The quantitative estimate of drug-likeness (QED) is 0.683. The Labute approximate surface area is 77.3 Å². The first-order valence-corrected chi connectivity index (χ1v) is 4.57. The van der Waals surface area contributed by atoms with E-state index in [0.29, 0.717) is 6.10 Å². The van der Waals surface area contributed by atoms with Crippen molar-refractivity contribution in [2.24, 2.45) is 0 Å². The molecule has 1 nitrogen and oxygen atoms in total. The van der Waals surface area contributed by atoms with E-state index in [-0.39, 0.29) is 0 Å². The Balaban J connectivity index is 2.23. The Kier molecular flexibility index (Phi) is 1.97.